The van der Waals surface area contributed by atoms with E-state index in [0.717, 1.165) is 12.8 Å². The van der Waals surface area contributed by atoms with Crippen LogP contribution in [-0.4, -0.2) is 12.6 Å². The Balaban J connectivity index is 3.92. The summed E-state index contributed by atoms with van der Waals surface area (Å²) in [6, 6.07) is 2.16. The minimum absolute atomic E-state index is 0.191. The normalized spacial score (nSPS) is 14.1. The lowest BCUT2D eigenvalue weighted by Gasteiger charge is -2.12. The third kappa shape index (κ3) is 5.58. The van der Waals surface area contributed by atoms with Gasteiger partial charge in [-0.3, -0.25) is 4.79 Å². The fourth-order valence-corrected chi connectivity index (χ4v) is 1.26. The molecule has 0 saturated carbocycles. The van der Waals surface area contributed by atoms with Crippen molar-refractivity contribution in [1.82, 2.24) is 0 Å². The van der Waals surface area contributed by atoms with Crippen molar-refractivity contribution < 1.29 is 9.53 Å². The fourth-order valence-electron chi connectivity index (χ4n) is 1.26. The lowest BCUT2D eigenvalue weighted by Crippen LogP contribution is -2.12. The minimum atomic E-state index is -0.262. The molecule has 0 aromatic heterocycles. The van der Waals surface area contributed by atoms with Gasteiger partial charge in [-0.2, -0.15) is 5.26 Å². The van der Waals surface area contributed by atoms with Crippen LogP contribution in [-0.2, 0) is 9.53 Å². The van der Waals surface area contributed by atoms with Gasteiger partial charge in [-0.15, -0.1) is 0 Å². The quantitative estimate of drug-likeness (QED) is 0.615. The third-order valence-corrected chi connectivity index (χ3v) is 2.28. The molecule has 0 saturated heterocycles. The molecule has 2 atom stereocenters. The Labute approximate surface area is 86.1 Å². The average Bonchev–Trinajstić information content (AvgIpc) is 2.16. The predicted octanol–water partition coefficient (Wildman–Crippen LogP) is 2.52. The van der Waals surface area contributed by atoms with Gasteiger partial charge in [0, 0.05) is 0 Å². The number of rotatable bonds is 6. The number of ether oxygens (including phenoxy) is 1. The van der Waals surface area contributed by atoms with Gasteiger partial charge in [0.05, 0.1) is 25.0 Å². The number of esters is 1. The molecule has 0 spiro atoms. The Kier molecular flexibility index (Phi) is 6.82. The molecular formula is C11H19NO2. The highest BCUT2D eigenvalue weighted by Crippen LogP contribution is 2.17. The van der Waals surface area contributed by atoms with Crippen molar-refractivity contribution in [1.29, 1.82) is 5.26 Å². The lowest BCUT2D eigenvalue weighted by molar-refractivity contribution is -0.143. The number of nitrogens with zero attached hydrogens (tertiary/aromatic N) is 1. The molecule has 0 aromatic rings. The summed E-state index contributed by atoms with van der Waals surface area (Å²) in [5.41, 5.74) is 0. The van der Waals surface area contributed by atoms with Crippen molar-refractivity contribution in [2.24, 2.45) is 11.8 Å². The zero-order valence-electron chi connectivity index (χ0n) is 9.25. The maximum absolute atomic E-state index is 11.1. The molecular weight excluding hydrogens is 178 g/mol. The number of nitriles is 1. The summed E-state index contributed by atoms with van der Waals surface area (Å²) in [6.07, 6.45) is 2.06. The van der Waals surface area contributed by atoms with Crippen LogP contribution in [0, 0.1) is 23.2 Å². The van der Waals surface area contributed by atoms with Crippen molar-refractivity contribution >= 4 is 5.97 Å². The number of hydrogen-bond acceptors (Lipinski definition) is 3. The topological polar surface area (TPSA) is 50.1 Å². The van der Waals surface area contributed by atoms with E-state index in [-0.39, 0.29) is 18.3 Å². The van der Waals surface area contributed by atoms with Crippen LogP contribution in [0.5, 0.6) is 0 Å². The van der Waals surface area contributed by atoms with Crippen LogP contribution in [0.25, 0.3) is 0 Å². The Bertz CT molecular complexity index is 208. The van der Waals surface area contributed by atoms with E-state index in [9.17, 15) is 4.79 Å². The van der Waals surface area contributed by atoms with E-state index in [1.54, 1.807) is 6.92 Å². The molecule has 14 heavy (non-hydrogen) atoms. The second-order valence-corrected chi connectivity index (χ2v) is 3.58. The van der Waals surface area contributed by atoms with Crippen LogP contribution >= 0.6 is 0 Å². The molecule has 0 amide bonds. The molecule has 0 aliphatic carbocycles. The molecule has 0 bridgehead atoms. The van der Waals surface area contributed by atoms with Crippen LogP contribution in [0.15, 0.2) is 0 Å². The van der Waals surface area contributed by atoms with E-state index < -0.39 is 0 Å². The Morgan fingerprint density at radius 3 is 2.57 bits per heavy atom. The predicted molar refractivity (Wildman–Crippen MR) is 54.4 cm³/mol. The van der Waals surface area contributed by atoms with Crippen LogP contribution in [0.3, 0.4) is 0 Å². The second kappa shape index (κ2) is 7.37. The molecule has 3 heteroatoms. The summed E-state index contributed by atoms with van der Waals surface area (Å²) in [5.74, 6) is 0.0421. The number of hydrogen-bond donors (Lipinski definition) is 0. The summed E-state index contributed by atoms with van der Waals surface area (Å²) in [4.78, 5) is 11.1. The standard InChI is InChI=1S/C11H19NO2/c1-4-9(3)6-10(8-12)7-11(13)14-5-2/h9-10H,4-7H2,1-3H3/t9-,10-/m1/s1. The first kappa shape index (κ1) is 13.0. The highest BCUT2D eigenvalue weighted by molar-refractivity contribution is 5.70. The molecule has 0 N–H and O–H groups in total. The van der Waals surface area contributed by atoms with Crippen LogP contribution in [0.4, 0.5) is 0 Å². The van der Waals surface area contributed by atoms with Crippen molar-refractivity contribution in [3.63, 3.8) is 0 Å². The monoisotopic (exact) mass is 197 g/mol. The first-order chi connectivity index (χ1) is 6.63. The van der Waals surface area contributed by atoms with Crippen molar-refractivity contribution in [2.75, 3.05) is 6.61 Å². The molecule has 3 nitrogen and oxygen atoms in total. The summed E-state index contributed by atoms with van der Waals surface area (Å²) in [6.45, 7) is 6.34. The van der Waals surface area contributed by atoms with E-state index in [2.05, 4.69) is 19.9 Å². The third-order valence-electron chi connectivity index (χ3n) is 2.28. The molecule has 0 unspecified atom stereocenters. The molecule has 80 valence electrons. The Morgan fingerprint density at radius 1 is 1.50 bits per heavy atom. The molecule has 0 heterocycles. The first-order valence-corrected chi connectivity index (χ1v) is 5.19. The molecule has 0 radical (unpaired) electrons. The minimum Gasteiger partial charge on any atom is -0.466 e. The summed E-state index contributed by atoms with van der Waals surface area (Å²) < 4.78 is 4.80. The summed E-state index contributed by atoms with van der Waals surface area (Å²) >= 11 is 0. The van der Waals surface area contributed by atoms with Crippen molar-refractivity contribution in [3.8, 4) is 6.07 Å². The van der Waals surface area contributed by atoms with E-state index in [1.807, 2.05) is 0 Å². The van der Waals surface area contributed by atoms with Crippen molar-refractivity contribution in [2.45, 2.75) is 40.0 Å². The highest BCUT2D eigenvalue weighted by atomic mass is 16.5. The molecule has 0 fully saturated rings. The zero-order valence-corrected chi connectivity index (χ0v) is 9.25. The van der Waals surface area contributed by atoms with Crippen LogP contribution < -0.4 is 0 Å². The highest BCUT2D eigenvalue weighted by Gasteiger charge is 2.16. The van der Waals surface area contributed by atoms with Gasteiger partial charge in [0.15, 0.2) is 0 Å². The summed E-state index contributed by atoms with van der Waals surface area (Å²) in [7, 11) is 0. The van der Waals surface area contributed by atoms with Gasteiger partial charge in [-0.1, -0.05) is 20.3 Å². The lowest BCUT2D eigenvalue weighted by atomic mass is 9.93. The first-order valence-electron chi connectivity index (χ1n) is 5.19. The molecule has 0 aliphatic rings. The maximum Gasteiger partial charge on any atom is 0.307 e. The smallest absolute Gasteiger partial charge is 0.307 e. The van der Waals surface area contributed by atoms with E-state index >= 15 is 0 Å². The molecule has 0 aromatic carbocycles. The van der Waals surface area contributed by atoms with Gasteiger partial charge in [-0.05, 0) is 19.3 Å². The average molecular weight is 197 g/mol. The van der Waals surface area contributed by atoms with Crippen LogP contribution in [0.1, 0.15) is 40.0 Å². The second-order valence-electron chi connectivity index (χ2n) is 3.58. The maximum atomic E-state index is 11.1. The largest absolute Gasteiger partial charge is 0.466 e. The van der Waals surface area contributed by atoms with E-state index in [1.165, 1.54) is 0 Å². The number of carbonyl (C=O) groups is 1. The van der Waals surface area contributed by atoms with Gasteiger partial charge < -0.3 is 4.74 Å². The fraction of sp³-hybridized carbons (Fsp3) is 0.818. The molecule has 0 aliphatic heterocycles. The SMILES string of the molecule is CCOC(=O)C[C@H](C#N)C[C@H](C)CC. The Hall–Kier alpha value is -1.04. The molecule has 0 rings (SSSR count). The zero-order chi connectivity index (χ0) is 11.0. The van der Waals surface area contributed by atoms with Gasteiger partial charge in [0.2, 0.25) is 0 Å². The van der Waals surface area contributed by atoms with Gasteiger partial charge in [0.1, 0.15) is 0 Å². The van der Waals surface area contributed by atoms with Gasteiger partial charge in [-0.25, -0.2) is 0 Å². The van der Waals surface area contributed by atoms with Gasteiger partial charge in [0.25, 0.3) is 0 Å². The summed E-state index contributed by atoms with van der Waals surface area (Å²) in [5, 5.41) is 8.83. The number of carbonyl (C=O) groups excluding carboxylic acids is 1. The van der Waals surface area contributed by atoms with E-state index in [4.69, 9.17) is 10.00 Å². The Morgan fingerprint density at radius 2 is 2.14 bits per heavy atom. The van der Waals surface area contributed by atoms with Crippen molar-refractivity contribution in [3.05, 3.63) is 0 Å². The van der Waals surface area contributed by atoms with Crippen LogP contribution in [0.2, 0.25) is 0 Å². The van der Waals surface area contributed by atoms with Gasteiger partial charge >= 0.3 is 5.97 Å². The van der Waals surface area contributed by atoms with E-state index in [0.29, 0.717) is 12.5 Å².